The number of pyridine rings is 1. The van der Waals surface area contributed by atoms with Crippen molar-refractivity contribution in [1.29, 1.82) is 0 Å². The Morgan fingerprint density at radius 2 is 2.06 bits per heavy atom. The van der Waals surface area contributed by atoms with Crippen LogP contribution in [0.4, 0.5) is 5.69 Å². The standard InChI is InChI=1S/C17H13N5O2.C6H13NOS/c1-11-5-6-12(16-19-10-24-21-16)8-13(11)20-17(23)14-9-18-15-4-2-3-7-22(14)15;1-2-6-9(8)7-4-3-5-7/h2-10H,1H3,(H,20,23);2-6H2,1H3. The molecule has 0 aliphatic carbocycles. The van der Waals surface area contributed by atoms with E-state index in [9.17, 15) is 9.00 Å². The Morgan fingerprint density at radius 1 is 1.21 bits per heavy atom. The summed E-state index contributed by atoms with van der Waals surface area (Å²) in [6.07, 6.45) is 6.90. The first-order chi connectivity index (χ1) is 16.1. The van der Waals surface area contributed by atoms with Crippen LogP contribution >= 0.6 is 0 Å². The summed E-state index contributed by atoms with van der Waals surface area (Å²) in [5.41, 5.74) is 3.58. The summed E-state index contributed by atoms with van der Waals surface area (Å²) in [5.74, 6) is 1.09. The van der Waals surface area contributed by atoms with E-state index in [1.165, 1.54) is 12.8 Å². The second-order valence-corrected chi connectivity index (χ2v) is 9.19. The maximum atomic E-state index is 12.6. The van der Waals surface area contributed by atoms with Crippen LogP contribution in [-0.2, 0) is 11.0 Å². The van der Waals surface area contributed by atoms with Crippen molar-refractivity contribution in [3.05, 3.63) is 66.4 Å². The van der Waals surface area contributed by atoms with Gasteiger partial charge in [0.2, 0.25) is 12.2 Å². The quantitative estimate of drug-likeness (QED) is 0.464. The Hall–Kier alpha value is -3.37. The van der Waals surface area contributed by atoms with Gasteiger partial charge in [0.25, 0.3) is 5.91 Å². The molecule has 172 valence electrons. The minimum atomic E-state index is -0.645. The van der Waals surface area contributed by atoms with Crippen molar-refractivity contribution >= 4 is 28.2 Å². The Balaban J connectivity index is 0.000000243. The number of rotatable bonds is 6. The van der Waals surface area contributed by atoms with Crippen molar-refractivity contribution in [3.8, 4) is 11.4 Å². The first-order valence-electron chi connectivity index (χ1n) is 10.8. The molecule has 1 aliphatic rings. The van der Waals surface area contributed by atoms with Gasteiger partial charge in [-0.15, -0.1) is 0 Å². The van der Waals surface area contributed by atoms with Gasteiger partial charge in [0.15, 0.2) is 0 Å². The number of carbonyl (C=O) groups is 1. The van der Waals surface area contributed by atoms with E-state index in [0.717, 1.165) is 42.0 Å². The highest BCUT2D eigenvalue weighted by Gasteiger charge is 2.18. The molecule has 0 spiro atoms. The molecule has 5 rings (SSSR count). The molecule has 1 N–H and O–H groups in total. The second-order valence-electron chi connectivity index (χ2n) is 7.62. The van der Waals surface area contributed by atoms with Gasteiger partial charge in [-0.3, -0.25) is 9.20 Å². The van der Waals surface area contributed by atoms with Gasteiger partial charge >= 0.3 is 0 Å². The molecule has 0 saturated carbocycles. The number of fused-ring (bicyclic) bond motifs is 1. The normalized spacial score (nSPS) is 14.2. The van der Waals surface area contributed by atoms with Gasteiger partial charge in [-0.25, -0.2) is 13.5 Å². The maximum Gasteiger partial charge on any atom is 0.274 e. The van der Waals surface area contributed by atoms with Crippen LogP contribution in [-0.4, -0.2) is 52.8 Å². The molecule has 4 aromatic rings. The lowest BCUT2D eigenvalue weighted by Gasteiger charge is -2.28. The first-order valence-corrected chi connectivity index (χ1v) is 12.1. The topological polar surface area (TPSA) is 106 Å². The zero-order valence-corrected chi connectivity index (χ0v) is 19.4. The van der Waals surface area contributed by atoms with Crippen LogP contribution in [0.5, 0.6) is 0 Å². The molecule has 3 aromatic heterocycles. The molecular formula is C23H26N6O3S. The summed E-state index contributed by atoms with van der Waals surface area (Å²) in [4.78, 5) is 20.9. The van der Waals surface area contributed by atoms with E-state index in [4.69, 9.17) is 4.52 Å². The molecule has 1 aromatic carbocycles. The van der Waals surface area contributed by atoms with Crippen LogP contribution < -0.4 is 5.32 Å². The second kappa shape index (κ2) is 10.5. The Bertz CT molecular complexity index is 1250. The Kier molecular flexibility index (Phi) is 7.26. The van der Waals surface area contributed by atoms with Gasteiger partial charge in [-0.05, 0) is 43.5 Å². The third kappa shape index (κ3) is 5.35. The fourth-order valence-electron chi connectivity index (χ4n) is 3.27. The zero-order chi connectivity index (χ0) is 23.2. The molecular weight excluding hydrogens is 440 g/mol. The summed E-state index contributed by atoms with van der Waals surface area (Å²) in [7, 11) is -0.645. The highest BCUT2D eigenvalue weighted by atomic mass is 32.2. The molecule has 9 nitrogen and oxygen atoms in total. The smallest absolute Gasteiger partial charge is 0.274 e. The molecule has 0 radical (unpaired) electrons. The third-order valence-electron chi connectivity index (χ3n) is 5.24. The molecule has 1 saturated heterocycles. The van der Waals surface area contributed by atoms with Gasteiger partial charge < -0.3 is 9.84 Å². The van der Waals surface area contributed by atoms with Crippen LogP contribution in [0.25, 0.3) is 17.0 Å². The lowest BCUT2D eigenvalue weighted by molar-refractivity contribution is 0.102. The van der Waals surface area contributed by atoms with E-state index >= 15 is 0 Å². The largest absolute Gasteiger partial charge is 0.342 e. The van der Waals surface area contributed by atoms with Crippen molar-refractivity contribution in [3.63, 3.8) is 0 Å². The summed E-state index contributed by atoms with van der Waals surface area (Å²) in [5, 5.41) is 6.74. The van der Waals surface area contributed by atoms with Crippen molar-refractivity contribution in [2.24, 2.45) is 0 Å². The van der Waals surface area contributed by atoms with Crippen molar-refractivity contribution in [1.82, 2.24) is 23.8 Å². The Labute approximate surface area is 194 Å². The van der Waals surface area contributed by atoms with Gasteiger partial charge in [0.05, 0.1) is 17.2 Å². The minimum absolute atomic E-state index is 0.234. The number of carbonyl (C=O) groups excluding carboxylic acids is 1. The molecule has 1 fully saturated rings. The number of imidazole rings is 1. The predicted molar refractivity (Wildman–Crippen MR) is 127 cm³/mol. The molecule has 4 heterocycles. The average Bonchev–Trinajstić information content (AvgIpc) is 3.45. The monoisotopic (exact) mass is 466 g/mol. The van der Waals surface area contributed by atoms with E-state index < -0.39 is 11.0 Å². The van der Waals surface area contributed by atoms with E-state index in [2.05, 4.69) is 27.4 Å². The van der Waals surface area contributed by atoms with E-state index in [0.29, 0.717) is 17.2 Å². The van der Waals surface area contributed by atoms with Crippen molar-refractivity contribution < 1.29 is 13.5 Å². The van der Waals surface area contributed by atoms with Gasteiger partial charge in [0, 0.05) is 36.3 Å². The summed E-state index contributed by atoms with van der Waals surface area (Å²) in [6.45, 7) is 6.08. The molecule has 1 aliphatic heterocycles. The van der Waals surface area contributed by atoms with Crippen LogP contribution in [0.1, 0.15) is 35.8 Å². The number of benzene rings is 1. The fraction of sp³-hybridized carbons (Fsp3) is 0.304. The number of amides is 1. The zero-order valence-electron chi connectivity index (χ0n) is 18.6. The summed E-state index contributed by atoms with van der Waals surface area (Å²) in [6, 6.07) is 11.2. The van der Waals surface area contributed by atoms with Gasteiger partial charge in [-0.2, -0.15) is 4.98 Å². The predicted octanol–water partition coefficient (Wildman–Crippen LogP) is 3.71. The number of aromatic nitrogens is 4. The lowest BCUT2D eigenvalue weighted by Crippen LogP contribution is -2.39. The van der Waals surface area contributed by atoms with Gasteiger partial charge in [-0.1, -0.05) is 30.3 Å². The van der Waals surface area contributed by atoms with Crippen molar-refractivity contribution in [2.75, 3.05) is 24.2 Å². The number of anilines is 1. The number of aryl methyl sites for hydroxylation is 1. The number of hydrogen-bond donors (Lipinski definition) is 1. The Morgan fingerprint density at radius 3 is 2.76 bits per heavy atom. The first kappa shape index (κ1) is 22.8. The van der Waals surface area contributed by atoms with Gasteiger partial charge in [0.1, 0.15) is 11.3 Å². The number of nitrogens with zero attached hydrogens (tertiary/aromatic N) is 5. The fourth-order valence-corrected chi connectivity index (χ4v) is 4.55. The maximum absolute atomic E-state index is 12.6. The molecule has 1 amide bonds. The average molecular weight is 467 g/mol. The van der Waals surface area contributed by atoms with Crippen LogP contribution in [0.3, 0.4) is 0 Å². The molecule has 33 heavy (non-hydrogen) atoms. The van der Waals surface area contributed by atoms with E-state index in [1.54, 1.807) is 16.8 Å². The van der Waals surface area contributed by atoms with Crippen LogP contribution in [0.2, 0.25) is 0 Å². The highest BCUT2D eigenvalue weighted by Crippen LogP contribution is 2.23. The van der Waals surface area contributed by atoms with E-state index in [-0.39, 0.29) is 5.91 Å². The third-order valence-corrected chi connectivity index (χ3v) is 6.94. The lowest BCUT2D eigenvalue weighted by atomic mass is 10.1. The summed E-state index contributed by atoms with van der Waals surface area (Å²) >= 11 is 0. The van der Waals surface area contributed by atoms with Crippen molar-refractivity contribution in [2.45, 2.75) is 26.7 Å². The van der Waals surface area contributed by atoms with Crippen LogP contribution in [0.15, 0.2) is 59.7 Å². The minimum Gasteiger partial charge on any atom is -0.342 e. The number of nitrogens with one attached hydrogen (secondary N) is 1. The molecule has 10 heteroatoms. The molecule has 1 atom stereocenters. The summed E-state index contributed by atoms with van der Waals surface area (Å²) < 4.78 is 19.6. The number of hydrogen-bond acceptors (Lipinski definition) is 6. The van der Waals surface area contributed by atoms with E-state index in [1.807, 2.05) is 47.6 Å². The highest BCUT2D eigenvalue weighted by molar-refractivity contribution is 7.82. The van der Waals surface area contributed by atoms with Crippen LogP contribution in [0, 0.1) is 6.92 Å². The SMILES string of the molecule is CCCS(=O)N1CCC1.Cc1ccc(-c2ncon2)cc1NC(=O)c1cnc2ccccn12. The molecule has 1 unspecified atom stereocenters. The molecule has 0 bridgehead atoms.